The van der Waals surface area contributed by atoms with E-state index in [2.05, 4.69) is 26.8 Å². The highest BCUT2D eigenvalue weighted by Crippen LogP contribution is 2.73. The number of allylic oxidation sites excluding steroid dienone is 2. The van der Waals surface area contributed by atoms with Crippen LogP contribution in [-0.4, -0.2) is 29.7 Å². The van der Waals surface area contributed by atoms with Crippen molar-refractivity contribution in [3.63, 3.8) is 0 Å². The molecule has 0 aromatic heterocycles. The molecule has 0 aliphatic heterocycles. The van der Waals surface area contributed by atoms with Crippen LogP contribution in [0.2, 0.25) is 0 Å². The third-order valence-electron chi connectivity index (χ3n) is 15.5. The van der Waals surface area contributed by atoms with Crippen LogP contribution in [0.25, 0.3) is 0 Å². The standard InChI is InChI=1S/C39H61NO4/c1-23(2)43-33(41)38(34(42)44-24(3)4)21-37(22-38)19-26(20-37)27-12-16-35(6)29(25(27)5)13-17-36(7)30-14-18-39(40)15-8-9-31(39)28(30)10-11-32(35)36/h12,23-26,28-32H,8-11,13-22,40H2,1-7H3/t25?,28?,29?,30?,31-,32?,35?,36?,39?/m1/s1. The molecular formula is C39H61NO4. The van der Waals surface area contributed by atoms with Gasteiger partial charge in [0.05, 0.1) is 12.2 Å². The van der Waals surface area contributed by atoms with E-state index in [1.54, 1.807) is 5.57 Å². The zero-order valence-corrected chi connectivity index (χ0v) is 28.9. The van der Waals surface area contributed by atoms with Gasteiger partial charge in [-0.3, -0.25) is 9.59 Å². The fourth-order valence-corrected chi connectivity index (χ4v) is 13.8. The summed E-state index contributed by atoms with van der Waals surface area (Å²) >= 11 is 0. The Bertz CT molecular complexity index is 1180. The van der Waals surface area contributed by atoms with Gasteiger partial charge in [-0.2, -0.15) is 0 Å². The van der Waals surface area contributed by atoms with E-state index in [0.717, 1.165) is 42.4 Å². The van der Waals surface area contributed by atoms with E-state index in [0.29, 0.717) is 35.5 Å². The zero-order valence-electron chi connectivity index (χ0n) is 28.9. The Balaban J connectivity index is 1.05. The second-order valence-electron chi connectivity index (χ2n) is 18.5. The van der Waals surface area contributed by atoms with Crippen molar-refractivity contribution in [2.24, 2.45) is 68.8 Å². The lowest BCUT2D eigenvalue weighted by Gasteiger charge is -2.68. The molecule has 2 N–H and O–H groups in total. The summed E-state index contributed by atoms with van der Waals surface area (Å²) in [6.45, 7) is 15.4. The number of rotatable bonds is 5. The van der Waals surface area contributed by atoms with Gasteiger partial charge in [-0.05, 0) is 169 Å². The average molecular weight is 608 g/mol. The maximum atomic E-state index is 13.2. The van der Waals surface area contributed by atoms with E-state index in [4.69, 9.17) is 15.2 Å². The Labute approximate surface area is 267 Å². The Morgan fingerprint density at radius 2 is 1.45 bits per heavy atom. The fraction of sp³-hybridized carbons (Fsp3) is 0.897. The molecule has 1 spiro atoms. The van der Waals surface area contributed by atoms with E-state index in [1.165, 1.54) is 64.2 Å². The van der Waals surface area contributed by atoms with Crippen molar-refractivity contribution in [1.29, 1.82) is 0 Å². The van der Waals surface area contributed by atoms with Crippen molar-refractivity contribution in [2.75, 3.05) is 0 Å². The summed E-state index contributed by atoms with van der Waals surface area (Å²) < 4.78 is 11.2. The lowest BCUT2D eigenvalue weighted by Crippen LogP contribution is -2.63. The van der Waals surface area contributed by atoms with Crippen LogP contribution in [0.1, 0.15) is 138 Å². The first-order valence-corrected chi connectivity index (χ1v) is 18.6. The van der Waals surface area contributed by atoms with Crippen LogP contribution >= 0.6 is 0 Å². The maximum Gasteiger partial charge on any atom is 0.323 e. The number of carbonyl (C=O) groups excluding carboxylic acids is 2. The highest BCUT2D eigenvalue weighted by Gasteiger charge is 2.70. The van der Waals surface area contributed by atoms with Crippen molar-refractivity contribution in [2.45, 2.75) is 156 Å². The number of hydrogen-bond acceptors (Lipinski definition) is 5. The summed E-state index contributed by atoms with van der Waals surface area (Å²) in [6, 6.07) is 0. The third-order valence-corrected chi connectivity index (χ3v) is 15.5. The van der Waals surface area contributed by atoms with Crippen molar-refractivity contribution in [1.82, 2.24) is 0 Å². The molecule has 0 amide bonds. The molecule has 8 unspecified atom stereocenters. The van der Waals surface area contributed by atoms with Crippen LogP contribution in [0.4, 0.5) is 0 Å². The minimum Gasteiger partial charge on any atom is -0.462 e. The van der Waals surface area contributed by atoms with Crippen LogP contribution in [0.3, 0.4) is 0 Å². The fourth-order valence-electron chi connectivity index (χ4n) is 13.8. The predicted molar refractivity (Wildman–Crippen MR) is 173 cm³/mol. The molecule has 0 saturated heterocycles. The molecule has 5 heteroatoms. The Morgan fingerprint density at radius 1 is 0.818 bits per heavy atom. The van der Waals surface area contributed by atoms with Gasteiger partial charge >= 0.3 is 11.9 Å². The molecule has 44 heavy (non-hydrogen) atoms. The summed E-state index contributed by atoms with van der Waals surface area (Å²) in [4.78, 5) is 26.4. The molecule has 6 saturated carbocycles. The number of esters is 2. The highest BCUT2D eigenvalue weighted by molar-refractivity contribution is 6.01. The molecule has 6 fully saturated rings. The first-order chi connectivity index (χ1) is 20.7. The lowest BCUT2D eigenvalue weighted by atomic mass is 9.37. The molecule has 0 bridgehead atoms. The largest absolute Gasteiger partial charge is 0.462 e. The molecule has 7 aliphatic carbocycles. The van der Waals surface area contributed by atoms with Crippen LogP contribution in [0.5, 0.6) is 0 Å². The second kappa shape index (κ2) is 10.3. The minimum absolute atomic E-state index is 0.0843. The minimum atomic E-state index is -1.11. The first kappa shape index (κ1) is 31.3. The zero-order chi connectivity index (χ0) is 31.4. The summed E-state index contributed by atoms with van der Waals surface area (Å²) in [6.07, 6.45) is 19.0. The highest BCUT2D eigenvalue weighted by atomic mass is 16.6. The van der Waals surface area contributed by atoms with E-state index < -0.39 is 5.41 Å². The number of fused-ring (bicyclic) bond motifs is 7. The molecule has 7 aliphatic rings. The van der Waals surface area contributed by atoms with Gasteiger partial charge in [-0.1, -0.05) is 38.8 Å². The van der Waals surface area contributed by atoms with Gasteiger partial charge < -0.3 is 15.2 Å². The molecule has 0 aromatic carbocycles. The first-order valence-electron chi connectivity index (χ1n) is 18.6. The van der Waals surface area contributed by atoms with Gasteiger partial charge in [0.25, 0.3) is 0 Å². The van der Waals surface area contributed by atoms with Crippen LogP contribution < -0.4 is 5.73 Å². The Morgan fingerprint density at radius 3 is 2.09 bits per heavy atom. The number of carbonyl (C=O) groups is 2. The summed E-state index contributed by atoms with van der Waals surface area (Å²) in [7, 11) is 0. The lowest BCUT2D eigenvalue weighted by molar-refractivity contribution is -0.207. The topological polar surface area (TPSA) is 78.6 Å². The van der Waals surface area contributed by atoms with Gasteiger partial charge in [0, 0.05) is 5.54 Å². The molecule has 7 rings (SSSR count). The monoisotopic (exact) mass is 607 g/mol. The molecule has 9 atom stereocenters. The predicted octanol–water partition coefficient (Wildman–Crippen LogP) is 8.39. The van der Waals surface area contributed by atoms with Gasteiger partial charge in [-0.25, -0.2) is 0 Å². The van der Waals surface area contributed by atoms with Crippen molar-refractivity contribution >= 4 is 11.9 Å². The molecule has 5 nitrogen and oxygen atoms in total. The van der Waals surface area contributed by atoms with Crippen LogP contribution in [-0.2, 0) is 19.1 Å². The second-order valence-corrected chi connectivity index (χ2v) is 18.5. The van der Waals surface area contributed by atoms with Crippen LogP contribution in [0, 0.1) is 63.1 Å². The van der Waals surface area contributed by atoms with E-state index in [-0.39, 0.29) is 35.1 Å². The van der Waals surface area contributed by atoms with Gasteiger partial charge in [0.15, 0.2) is 5.41 Å². The number of hydrogen-bond donors (Lipinski definition) is 1. The maximum absolute atomic E-state index is 13.2. The van der Waals surface area contributed by atoms with Gasteiger partial charge in [-0.15, -0.1) is 0 Å². The van der Waals surface area contributed by atoms with Gasteiger partial charge in [0.1, 0.15) is 0 Å². The SMILES string of the molecule is CC(C)OC(=O)C1(C(=O)OC(C)C)CC2(CC(C3=CCC4(C)C(CCC5(C)C6CCC7(N)CCC[C@@H]7C6CCC45)C3C)C2)C1. The smallest absolute Gasteiger partial charge is 0.323 e. The molecule has 0 heterocycles. The van der Waals surface area contributed by atoms with Crippen molar-refractivity contribution in [3.05, 3.63) is 11.6 Å². The Hall–Kier alpha value is -1.36. The molecule has 0 radical (unpaired) electrons. The molecule has 0 aromatic rings. The molecular weight excluding hydrogens is 546 g/mol. The summed E-state index contributed by atoms with van der Waals surface area (Å²) in [5, 5.41) is 0. The number of ether oxygens (including phenoxy) is 2. The molecule has 246 valence electrons. The van der Waals surface area contributed by atoms with E-state index >= 15 is 0 Å². The van der Waals surface area contributed by atoms with Gasteiger partial charge in [0.2, 0.25) is 0 Å². The van der Waals surface area contributed by atoms with E-state index in [1.807, 2.05) is 27.7 Å². The van der Waals surface area contributed by atoms with Crippen LogP contribution in [0.15, 0.2) is 11.6 Å². The van der Waals surface area contributed by atoms with Crippen molar-refractivity contribution < 1.29 is 19.1 Å². The summed E-state index contributed by atoms with van der Waals surface area (Å²) in [5.74, 6) is 4.55. The van der Waals surface area contributed by atoms with E-state index in [9.17, 15) is 9.59 Å². The quantitative estimate of drug-likeness (QED) is 0.193. The van der Waals surface area contributed by atoms with Crippen molar-refractivity contribution in [3.8, 4) is 0 Å². The Kier molecular flexibility index (Phi) is 7.33. The average Bonchev–Trinajstić information content (AvgIpc) is 3.29. The summed E-state index contributed by atoms with van der Waals surface area (Å²) in [5.41, 5.74) is 8.72. The normalized spacial score (nSPS) is 45.3. The number of nitrogens with two attached hydrogens (primary N) is 1. The third kappa shape index (κ3) is 4.39.